The Bertz CT molecular complexity index is 1000. The van der Waals surface area contributed by atoms with E-state index in [1.807, 2.05) is 49.4 Å². The number of hydrogen-bond acceptors (Lipinski definition) is 4. The van der Waals surface area contributed by atoms with Gasteiger partial charge in [0.1, 0.15) is 5.75 Å². The molecule has 2 unspecified atom stereocenters. The first kappa shape index (κ1) is 12.8. The van der Waals surface area contributed by atoms with Crippen LogP contribution in [0, 0.1) is 0 Å². The van der Waals surface area contributed by atoms with Crippen LogP contribution in [0.25, 0.3) is 10.8 Å². The summed E-state index contributed by atoms with van der Waals surface area (Å²) in [6.07, 6.45) is 0.623. The molecule has 114 valence electrons. The minimum Gasteiger partial charge on any atom is -0.452 e. The number of benzene rings is 2. The fraction of sp³-hybridized carbons (Fsp3) is 0.211. The maximum Gasteiger partial charge on any atom is 0.344 e. The SMILES string of the molecule is CC12CC(c3ccccc3O1)c1oc(=O)c3ccccc3c1O2. The van der Waals surface area contributed by atoms with Gasteiger partial charge in [-0.2, -0.15) is 0 Å². The molecule has 2 aromatic carbocycles. The molecular formula is C19H14O4. The monoisotopic (exact) mass is 306 g/mol. The lowest BCUT2D eigenvalue weighted by Crippen LogP contribution is -2.47. The summed E-state index contributed by atoms with van der Waals surface area (Å²) in [6.45, 7) is 1.93. The van der Waals surface area contributed by atoms with Crippen LogP contribution in [0.3, 0.4) is 0 Å². The molecule has 0 radical (unpaired) electrons. The second kappa shape index (κ2) is 4.16. The molecule has 0 saturated heterocycles. The molecule has 1 aromatic heterocycles. The fourth-order valence-electron chi connectivity index (χ4n) is 3.66. The lowest BCUT2D eigenvalue weighted by Gasteiger charge is -2.43. The largest absolute Gasteiger partial charge is 0.452 e. The summed E-state index contributed by atoms with van der Waals surface area (Å²) in [5, 5.41) is 1.31. The molecule has 2 atom stereocenters. The van der Waals surface area contributed by atoms with Crippen molar-refractivity contribution in [2.24, 2.45) is 0 Å². The molecule has 0 N–H and O–H groups in total. The molecule has 0 fully saturated rings. The lowest BCUT2D eigenvalue weighted by atomic mass is 9.83. The Morgan fingerprint density at radius 3 is 2.61 bits per heavy atom. The highest BCUT2D eigenvalue weighted by molar-refractivity contribution is 5.88. The molecule has 3 heterocycles. The Morgan fingerprint density at radius 1 is 1.00 bits per heavy atom. The van der Waals surface area contributed by atoms with Crippen molar-refractivity contribution < 1.29 is 13.9 Å². The van der Waals surface area contributed by atoms with Crippen molar-refractivity contribution in [2.75, 3.05) is 0 Å². The zero-order chi connectivity index (χ0) is 15.6. The van der Waals surface area contributed by atoms with E-state index in [4.69, 9.17) is 13.9 Å². The minimum absolute atomic E-state index is 0.0361. The summed E-state index contributed by atoms with van der Waals surface area (Å²) in [4.78, 5) is 12.4. The van der Waals surface area contributed by atoms with Gasteiger partial charge in [-0.15, -0.1) is 0 Å². The maximum absolute atomic E-state index is 12.4. The highest BCUT2D eigenvalue weighted by Gasteiger charge is 2.47. The van der Waals surface area contributed by atoms with E-state index in [0.29, 0.717) is 23.3 Å². The lowest BCUT2D eigenvalue weighted by molar-refractivity contribution is -0.128. The molecule has 4 nitrogen and oxygen atoms in total. The molecule has 0 spiro atoms. The predicted molar refractivity (Wildman–Crippen MR) is 85.0 cm³/mol. The number of ether oxygens (including phenoxy) is 2. The normalized spacial score (nSPS) is 24.3. The van der Waals surface area contributed by atoms with Gasteiger partial charge < -0.3 is 13.9 Å². The fourth-order valence-corrected chi connectivity index (χ4v) is 3.66. The van der Waals surface area contributed by atoms with E-state index in [9.17, 15) is 4.79 Å². The van der Waals surface area contributed by atoms with Crippen LogP contribution in [0.2, 0.25) is 0 Å². The number of hydrogen-bond donors (Lipinski definition) is 0. The highest BCUT2D eigenvalue weighted by atomic mass is 16.7. The minimum atomic E-state index is -0.755. The van der Waals surface area contributed by atoms with Gasteiger partial charge in [0.05, 0.1) is 11.3 Å². The smallest absolute Gasteiger partial charge is 0.344 e. The molecule has 2 aliphatic heterocycles. The van der Waals surface area contributed by atoms with Gasteiger partial charge in [-0.3, -0.25) is 0 Å². The van der Waals surface area contributed by atoms with Gasteiger partial charge in [0, 0.05) is 24.3 Å². The van der Waals surface area contributed by atoms with Crippen molar-refractivity contribution in [2.45, 2.75) is 25.0 Å². The van der Waals surface area contributed by atoms with E-state index in [-0.39, 0.29) is 11.5 Å². The topological polar surface area (TPSA) is 48.7 Å². The molecule has 3 aromatic rings. The second-order valence-electron chi connectivity index (χ2n) is 6.26. The van der Waals surface area contributed by atoms with Crippen molar-refractivity contribution in [3.05, 3.63) is 70.3 Å². The van der Waals surface area contributed by atoms with Crippen LogP contribution < -0.4 is 15.1 Å². The van der Waals surface area contributed by atoms with E-state index in [0.717, 1.165) is 16.7 Å². The molecule has 0 saturated carbocycles. The average Bonchev–Trinajstić information content (AvgIpc) is 2.56. The highest BCUT2D eigenvalue weighted by Crippen LogP contribution is 2.52. The third-order valence-electron chi connectivity index (χ3n) is 4.65. The zero-order valence-electron chi connectivity index (χ0n) is 12.5. The quantitative estimate of drug-likeness (QED) is 0.633. The van der Waals surface area contributed by atoms with E-state index in [1.54, 1.807) is 6.07 Å². The van der Waals surface area contributed by atoms with Crippen molar-refractivity contribution in [1.82, 2.24) is 0 Å². The van der Waals surface area contributed by atoms with Gasteiger partial charge in [-0.1, -0.05) is 36.4 Å². The van der Waals surface area contributed by atoms with Crippen LogP contribution in [0.4, 0.5) is 0 Å². The van der Waals surface area contributed by atoms with Crippen LogP contribution in [-0.2, 0) is 0 Å². The average molecular weight is 306 g/mol. The molecule has 2 bridgehead atoms. The van der Waals surface area contributed by atoms with Gasteiger partial charge in [0.2, 0.25) is 5.79 Å². The van der Waals surface area contributed by atoms with Gasteiger partial charge in [-0.05, 0) is 12.1 Å². The van der Waals surface area contributed by atoms with Crippen molar-refractivity contribution >= 4 is 10.8 Å². The van der Waals surface area contributed by atoms with Crippen LogP contribution in [-0.4, -0.2) is 5.79 Å². The molecular weight excluding hydrogens is 292 g/mol. The molecule has 4 heteroatoms. The van der Waals surface area contributed by atoms with Crippen molar-refractivity contribution in [3.63, 3.8) is 0 Å². The Morgan fingerprint density at radius 2 is 1.74 bits per heavy atom. The van der Waals surface area contributed by atoms with E-state index in [1.165, 1.54) is 0 Å². The Kier molecular flexibility index (Phi) is 2.31. The van der Waals surface area contributed by atoms with Gasteiger partial charge in [0.25, 0.3) is 0 Å². The first-order valence-electron chi connectivity index (χ1n) is 7.67. The summed E-state index contributed by atoms with van der Waals surface area (Å²) < 4.78 is 17.9. The van der Waals surface area contributed by atoms with Crippen LogP contribution >= 0.6 is 0 Å². The van der Waals surface area contributed by atoms with E-state index >= 15 is 0 Å². The molecule has 0 amide bonds. The summed E-state index contributed by atoms with van der Waals surface area (Å²) in [6, 6.07) is 15.2. The summed E-state index contributed by atoms with van der Waals surface area (Å²) >= 11 is 0. The first-order valence-corrected chi connectivity index (χ1v) is 7.67. The van der Waals surface area contributed by atoms with Crippen LogP contribution in [0.1, 0.15) is 30.6 Å². The Balaban J connectivity index is 1.87. The van der Waals surface area contributed by atoms with Crippen LogP contribution in [0.15, 0.2) is 57.7 Å². The van der Waals surface area contributed by atoms with Gasteiger partial charge in [0.15, 0.2) is 11.5 Å². The third-order valence-corrected chi connectivity index (χ3v) is 4.65. The number of rotatable bonds is 0. The number of para-hydroxylation sites is 1. The third kappa shape index (κ3) is 1.69. The van der Waals surface area contributed by atoms with Crippen molar-refractivity contribution in [3.8, 4) is 11.5 Å². The van der Waals surface area contributed by atoms with E-state index in [2.05, 4.69) is 0 Å². The number of fused-ring (bicyclic) bond motifs is 8. The molecule has 5 rings (SSSR count). The first-order chi connectivity index (χ1) is 11.1. The maximum atomic E-state index is 12.4. The predicted octanol–water partition coefficient (Wildman–Crippen LogP) is 3.82. The van der Waals surface area contributed by atoms with Crippen molar-refractivity contribution in [1.29, 1.82) is 0 Å². The Hall–Kier alpha value is -2.75. The van der Waals surface area contributed by atoms with Crippen LogP contribution in [0.5, 0.6) is 11.5 Å². The van der Waals surface area contributed by atoms with Gasteiger partial charge >= 0.3 is 5.63 Å². The summed E-state index contributed by atoms with van der Waals surface area (Å²) in [7, 11) is 0. The Labute approximate surface area is 132 Å². The van der Waals surface area contributed by atoms with E-state index < -0.39 is 5.79 Å². The molecule has 23 heavy (non-hydrogen) atoms. The van der Waals surface area contributed by atoms with Gasteiger partial charge in [-0.25, -0.2) is 4.79 Å². The molecule has 0 aliphatic carbocycles. The summed E-state index contributed by atoms with van der Waals surface area (Å²) in [5.41, 5.74) is 0.712. The zero-order valence-corrected chi connectivity index (χ0v) is 12.5. The summed E-state index contributed by atoms with van der Waals surface area (Å²) in [5.74, 6) is 1.21. The molecule has 2 aliphatic rings. The standard InChI is InChI=1S/C19H14O4/c1-19-10-14(11-6-4-5-9-15(11)22-19)16-17(23-19)12-7-2-3-8-13(12)18(20)21-16/h2-9,14H,10H2,1H3. The second-order valence-corrected chi connectivity index (χ2v) is 6.26.